The largest absolute Gasteiger partial charge is 0.353 e. The second-order valence-electron chi connectivity index (χ2n) is 6.07. The second kappa shape index (κ2) is 7.25. The molecule has 7 nitrogen and oxygen atoms in total. The number of piperazine rings is 1. The van der Waals surface area contributed by atoms with Crippen LogP contribution in [0.5, 0.6) is 0 Å². The van der Waals surface area contributed by atoms with Gasteiger partial charge in [-0.05, 0) is 12.1 Å². The van der Waals surface area contributed by atoms with Gasteiger partial charge in [0.1, 0.15) is 23.8 Å². The highest BCUT2D eigenvalue weighted by atomic mass is 16.2. The molecule has 0 atom stereocenters. The second-order valence-corrected chi connectivity index (χ2v) is 6.07. The molecule has 2 aromatic rings. The van der Waals surface area contributed by atoms with Crippen LogP contribution in [-0.2, 0) is 4.79 Å². The van der Waals surface area contributed by atoms with Crippen molar-refractivity contribution in [3.05, 3.63) is 36.8 Å². The molecule has 0 saturated carbocycles. The van der Waals surface area contributed by atoms with Crippen molar-refractivity contribution in [1.29, 1.82) is 0 Å². The van der Waals surface area contributed by atoms with Gasteiger partial charge >= 0.3 is 0 Å². The Balaban J connectivity index is 1.64. The Morgan fingerprint density at radius 3 is 2.54 bits per heavy atom. The first-order valence-electron chi connectivity index (χ1n) is 8.17. The van der Waals surface area contributed by atoms with Crippen molar-refractivity contribution >= 4 is 23.4 Å². The number of hydrogen-bond acceptors (Lipinski definition) is 6. The molecule has 0 bridgehead atoms. The summed E-state index contributed by atoms with van der Waals surface area (Å²) < 4.78 is 0. The molecular formula is C17H22N6O. The van der Waals surface area contributed by atoms with Gasteiger partial charge in [0.25, 0.3) is 0 Å². The normalized spacial score (nSPS) is 14.8. The number of rotatable bonds is 4. The van der Waals surface area contributed by atoms with Gasteiger partial charge < -0.3 is 15.1 Å². The van der Waals surface area contributed by atoms with E-state index >= 15 is 0 Å². The average Bonchev–Trinajstić information content (AvgIpc) is 2.62. The Hall–Kier alpha value is -2.70. The quantitative estimate of drug-likeness (QED) is 0.925. The van der Waals surface area contributed by atoms with Gasteiger partial charge in [-0.2, -0.15) is 0 Å². The summed E-state index contributed by atoms with van der Waals surface area (Å²) in [5, 5.41) is 3.17. The van der Waals surface area contributed by atoms with Gasteiger partial charge in [-0.25, -0.2) is 15.0 Å². The molecule has 1 N–H and O–H groups in total. The molecule has 1 saturated heterocycles. The zero-order valence-corrected chi connectivity index (χ0v) is 14.0. The minimum Gasteiger partial charge on any atom is -0.353 e. The Morgan fingerprint density at radius 1 is 1.08 bits per heavy atom. The summed E-state index contributed by atoms with van der Waals surface area (Å²) in [5.74, 6) is 2.58. The Morgan fingerprint density at radius 2 is 1.88 bits per heavy atom. The molecule has 0 radical (unpaired) electrons. The van der Waals surface area contributed by atoms with Crippen LogP contribution >= 0.6 is 0 Å². The van der Waals surface area contributed by atoms with Crippen LogP contribution < -0.4 is 10.2 Å². The first-order chi connectivity index (χ1) is 11.6. The van der Waals surface area contributed by atoms with Crippen molar-refractivity contribution in [2.24, 2.45) is 5.92 Å². The van der Waals surface area contributed by atoms with E-state index in [1.807, 2.05) is 43.0 Å². The van der Waals surface area contributed by atoms with E-state index in [4.69, 9.17) is 0 Å². The minimum atomic E-state index is 0.0461. The maximum absolute atomic E-state index is 12.1. The van der Waals surface area contributed by atoms with E-state index in [1.54, 1.807) is 12.5 Å². The van der Waals surface area contributed by atoms with Crippen molar-refractivity contribution in [3.8, 4) is 0 Å². The average molecular weight is 326 g/mol. The summed E-state index contributed by atoms with van der Waals surface area (Å²) >= 11 is 0. The summed E-state index contributed by atoms with van der Waals surface area (Å²) in [4.78, 5) is 29.0. The zero-order chi connectivity index (χ0) is 16.9. The first-order valence-corrected chi connectivity index (χ1v) is 8.17. The number of carbonyl (C=O) groups is 1. The molecule has 1 aliphatic heterocycles. The molecule has 3 heterocycles. The molecule has 1 fully saturated rings. The van der Waals surface area contributed by atoms with Crippen molar-refractivity contribution in [2.45, 2.75) is 13.8 Å². The summed E-state index contributed by atoms with van der Waals surface area (Å²) in [7, 11) is 0. The molecule has 24 heavy (non-hydrogen) atoms. The van der Waals surface area contributed by atoms with Crippen molar-refractivity contribution in [2.75, 3.05) is 36.4 Å². The van der Waals surface area contributed by atoms with Crippen LogP contribution in [0.25, 0.3) is 0 Å². The fourth-order valence-electron chi connectivity index (χ4n) is 2.68. The highest BCUT2D eigenvalue weighted by Crippen LogP contribution is 2.19. The first kappa shape index (κ1) is 16.2. The molecule has 3 rings (SSSR count). The number of nitrogens with zero attached hydrogens (tertiary/aromatic N) is 5. The van der Waals surface area contributed by atoms with E-state index in [0.29, 0.717) is 5.82 Å². The minimum absolute atomic E-state index is 0.0461. The smallest absolute Gasteiger partial charge is 0.225 e. The van der Waals surface area contributed by atoms with Gasteiger partial charge in [0.15, 0.2) is 0 Å². The SMILES string of the molecule is CC(C)C(=O)N1CCN(c2cc(Nc3ccccn3)ncn2)CC1. The lowest BCUT2D eigenvalue weighted by Gasteiger charge is -2.36. The molecule has 0 unspecified atom stereocenters. The maximum atomic E-state index is 12.1. The molecule has 2 aromatic heterocycles. The van der Waals surface area contributed by atoms with Gasteiger partial charge in [0, 0.05) is 44.4 Å². The van der Waals surface area contributed by atoms with Gasteiger partial charge in [-0.15, -0.1) is 0 Å². The van der Waals surface area contributed by atoms with Crippen LogP contribution in [-0.4, -0.2) is 51.9 Å². The van der Waals surface area contributed by atoms with Crippen molar-refractivity contribution in [3.63, 3.8) is 0 Å². The Bertz CT molecular complexity index is 682. The number of carbonyl (C=O) groups excluding carboxylic acids is 1. The van der Waals surface area contributed by atoms with E-state index in [1.165, 1.54) is 0 Å². The van der Waals surface area contributed by atoms with Gasteiger partial charge in [-0.3, -0.25) is 4.79 Å². The van der Waals surface area contributed by atoms with E-state index in [0.717, 1.165) is 37.8 Å². The predicted molar refractivity (Wildman–Crippen MR) is 93.2 cm³/mol. The number of anilines is 3. The lowest BCUT2D eigenvalue weighted by Crippen LogP contribution is -2.50. The van der Waals surface area contributed by atoms with Crippen LogP contribution in [0.2, 0.25) is 0 Å². The molecule has 0 aromatic carbocycles. The number of aromatic nitrogens is 3. The highest BCUT2D eigenvalue weighted by molar-refractivity contribution is 5.78. The molecule has 0 spiro atoms. The molecule has 126 valence electrons. The van der Waals surface area contributed by atoms with Crippen LogP contribution in [0.15, 0.2) is 36.8 Å². The lowest BCUT2D eigenvalue weighted by atomic mass is 10.1. The maximum Gasteiger partial charge on any atom is 0.225 e. The molecule has 7 heteroatoms. The van der Waals surface area contributed by atoms with E-state index in [9.17, 15) is 4.79 Å². The van der Waals surface area contributed by atoms with E-state index in [-0.39, 0.29) is 11.8 Å². The third-order valence-electron chi connectivity index (χ3n) is 3.98. The summed E-state index contributed by atoms with van der Waals surface area (Å²) in [6.45, 7) is 6.88. The monoisotopic (exact) mass is 326 g/mol. The van der Waals surface area contributed by atoms with Crippen LogP contribution in [0.4, 0.5) is 17.5 Å². The third-order valence-corrected chi connectivity index (χ3v) is 3.98. The predicted octanol–water partition coefficient (Wildman–Crippen LogP) is 1.92. The Labute approximate surface area is 141 Å². The number of nitrogens with one attached hydrogen (secondary N) is 1. The lowest BCUT2D eigenvalue weighted by molar-refractivity contribution is -0.134. The zero-order valence-electron chi connectivity index (χ0n) is 14.0. The van der Waals surface area contributed by atoms with Crippen LogP contribution in [0.3, 0.4) is 0 Å². The summed E-state index contributed by atoms with van der Waals surface area (Å²) in [6.07, 6.45) is 3.28. The topological polar surface area (TPSA) is 74.2 Å². The van der Waals surface area contributed by atoms with Crippen molar-refractivity contribution in [1.82, 2.24) is 19.9 Å². The number of pyridine rings is 1. The van der Waals surface area contributed by atoms with E-state index < -0.39 is 0 Å². The standard InChI is InChI=1S/C17H22N6O/c1-13(2)17(24)23-9-7-22(8-10-23)16-11-15(19-12-20-16)21-14-5-3-4-6-18-14/h3-6,11-13H,7-10H2,1-2H3,(H,18,19,20,21). The molecule has 0 aliphatic carbocycles. The van der Waals surface area contributed by atoms with Gasteiger partial charge in [0.2, 0.25) is 5.91 Å². The number of hydrogen-bond donors (Lipinski definition) is 1. The fraction of sp³-hybridized carbons (Fsp3) is 0.412. The van der Waals surface area contributed by atoms with Crippen LogP contribution in [0.1, 0.15) is 13.8 Å². The van der Waals surface area contributed by atoms with Crippen molar-refractivity contribution < 1.29 is 4.79 Å². The van der Waals surface area contributed by atoms with Crippen LogP contribution in [0, 0.1) is 5.92 Å². The highest BCUT2D eigenvalue weighted by Gasteiger charge is 2.23. The fourth-order valence-corrected chi connectivity index (χ4v) is 2.68. The molecule has 1 amide bonds. The van der Waals surface area contributed by atoms with E-state index in [2.05, 4.69) is 25.2 Å². The molecular weight excluding hydrogens is 304 g/mol. The number of amides is 1. The summed E-state index contributed by atoms with van der Waals surface area (Å²) in [5.41, 5.74) is 0. The summed E-state index contributed by atoms with van der Waals surface area (Å²) in [6, 6.07) is 7.59. The Kier molecular flexibility index (Phi) is 4.88. The van der Waals surface area contributed by atoms with Gasteiger partial charge in [0.05, 0.1) is 0 Å². The third kappa shape index (κ3) is 3.79. The molecule has 1 aliphatic rings. The van der Waals surface area contributed by atoms with Gasteiger partial charge in [-0.1, -0.05) is 19.9 Å².